The van der Waals surface area contributed by atoms with Gasteiger partial charge < -0.3 is 15.0 Å². The largest absolute Gasteiger partial charge is 0.495 e. The van der Waals surface area contributed by atoms with E-state index in [1.165, 1.54) is 45.1 Å². The number of benzene rings is 2. The number of hydrogen-bond donors (Lipinski definition) is 2. The molecule has 0 spiro atoms. The fraction of sp³-hybridized carbons (Fsp3) is 0.316. The van der Waals surface area contributed by atoms with Gasteiger partial charge in [0.25, 0.3) is 10.0 Å². The summed E-state index contributed by atoms with van der Waals surface area (Å²) < 4.78 is 33.1. The average Bonchev–Trinajstić information content (AvgIpc) is 3.16. The van der Waals surface area contributed by atoms with Gasteiger partial charge in [0.05, 0.1) is 17.7 Å². The molecule has 1 aliphatic rings. The first-order valence-electron chi connectivity index (χ1n) is 8.72. The highest BCUT2D eigenvalue weighted by Crippen LogP contribution is 2.29. The van der Waals surface area contributed by atoms with E-state index in [9.17, 15) is 13.2 Å². The highest BCUT2D eigenvalue weighted by atomic mass is 32.2. The van der Waals surface area contributed by atoms with Crippen LogP contribution >= 0.6 is 0 Å². The van der Waals surface area contributed by atoms with E-state index in [0.717, 1.165) is 18.8 Å². The number of amides is 1. The Morgan fingerprint density at radius 1 is 1.07 bits per heavy atom. The van der Waals surface area contributed by atoms with Crippen molar-refractivity contribution in [3.05, 3.63) is 42.5 Å². The van der Waals surface area contributed by atoms with Crippen LogP contribution in [0, 0.1) is 0 Å². The zero-order valence-electron chi connectivity index (χ0n) is 15.4. The topological polar surface area (TPSA) is 87.7 Å². The van der Waals surface area contributed by atoms with Gasteiger partial charge >= 0.3 is 0 Å². The minimum atomic E-state index is -3.78. The first-order chi connectivity index (χ1) is 12.9. The van der Waals surface area contributed by atoms with Crippen LogP contribution in [0.5, 0.6) is 5.75 Å². The van der Waals surface area contributed by atoms with Crippen molar-refractivity contribution in [2.24, 2.45) is 0 Å². The zero-order valence-corrected chi connectivity index (χ0v) is 16.2. The van der Waals surface area contributed by atoms with Crippen LogP contribution in [0.3, 0.4) is 0 Å². The zero-order chi connectivity index (χ0) is 19.4. The van der Waals surface area contributed by atoms with Gasteiger partial charge in [-0.15, -0.1) is 0 Å². The summed E-state index contributed by atoms with van der Waals surface area (Å²) in [6.45, 7) is 3.44. The van der Waals surface area contributed by atoms with Crippen molar-refractivity contribution in [2.45, 2.75) is 24.7 Å². The van der Waals surface area contributed by atoms with E-state index in [-0.39, 0.29) is 16.6 Å². The quantitative estimate of drug-likeness (QED) is 0.793. The van der Waals surface area contributed by atoms with Crippen LogP contribution in [-0.2, 0) is 14.8 Å². The third kappa shape index (κ3) is 4.51. The molecule has 7 nitrogen and oxygen atoms in total. The summed E-state index contributed by atoms with van der Waals surface area (Å²) in [4.78, 5) is 13.6. The standard InChI is InChI=1S/C19H23N3O4S/c1-14(23)20-18-10-9-17(13-19(18)26-2)27(24,25)21-15-5-7-16(8-6-15)22-11-3-4-12-22/h5-10,13,21H,3-4,11-12H2,1-2H3,(H,20,23). The summed E-state index contributed by atoms with van der Waals surface area (Å²) in [5.41, 5.74) is 2.00. The fourth-order valence-electron chi connectivity index (χ4n) is 3.06. The Labute approximate surface area is 159 Å². The van der Waals surface area contributed by atoms with Crippen LogP contribution < -0.4 is 19.7 Å². The lowest BCUT2D eigenvalue weighted by atomic mass is 10.2. The van der Waals surface area contributed by atoms with Gasteiger partial charge in [-0.25, -0.2) is 8.42 Å². The van der Waals surface area contributed by atoms with Gasteiger partial charge in [-0.2, -0.15) is 0 Å². The first kappa shape index (κ1) is 19.0. The summed E-state index contributed by atoms with van der Waals surface area (Å²) in [6, 6.07) is 11.7. The summed E-state index contributed by atoms with van der Waals surface area (Å²) in [5.74, 6) is 0.0116. The molecule has 2 N–H and O–H groups in total. The third-order valence-corrected chi connectivity index (χ3v) is 5.76. The predicted molar refractivity (Wildman–Crippen MR) is 106 cm³/mol. The van der Waals surface area contributed by atoms with E-state index in [4.69, 9.17) is 4.74 Å². The maximum absolute atomic E-state index is 12.7. The number of anilines is 3. The molecule has 144 valence electrons. The van der Waals surface area contributed by atoms with Crippen molar-refractivity contribution >= 4 is 33.0 Å². The van der Waals surface area contributed by atoms with Gasteiger partial charge in [0.15, 0.2) is 0 Å². The first-order valence-corrected chi connectivity index (χ1v) is 10.2. The summed E-state index contributed by atoms with van der Waals surface area (Å²) in [6.07, 6.45) is 2.37. The van der Waals surface area contributed by atoms with Gasteiger partial charge in [0, 0.05) is 37.5 Å². The highest BCUT2D eigenvalue weighted by molar-refractivity contribution is 7.92. The smallest absolute Gasteiger partial charge is 0.262 e. The Balaban J connectivity index is 1.78. The summed E-state index contributed by atoms with van der Waals surface area (Å²) in [7, 11) is -2.36. The van der Waals surface area contributed by atoms with Crippen LogP contribution in [0.1, 0.15) is 19.8 Å². The molecule has 0 aliphatic carbocycles. The molecular formula is C19H23N3O4S. The van der Waals surface area contributed by atoms with Crippen LogP contribution in [0.2, 0.25) is 0 Å². The van der Waals surface area contributed by atoms with E-state index in [1.807, 2.05) is 12.1 Å². The van der Waals surface area contributed by atoms with Gasteiger partial charge in [0.2, 0.25) is 5.91 Å². The Morgan fingerprint density at radius 3 is 2.33 bits per heavy atom. The van der Waals surface area contributed by atoms with E-state index in [1.54, 1.807) is 12.1 Å². The number of carbonyl (C=O) groups is 1. The molecule has 1 saturated heterocycles. The Bertz CT molecular complexity index is 920. The normalized spacial score (nSPS) is 14.1. The van der Waals surface area contributed by atoms with Crippen molar-refractivity contribution in [3.8, 4) is 5.75 Å². The molecule has 2 aromatic carbocycles. The van der Waals surface area contributed by atoms with Crippen LogP contribution in [0.4, 0.5) is 17.1 Å². The average molecular weight is 389 g/mol. The van der Waals surface area contributed by atoms with Crippen molar-refractivity contribution in [1.82, 2.24) is 0 Å². The number of nitrogens with one attached hydrogen (secondary N) is 2. The number of carbonyl (C=O) groups excluding carboxylic acids is 1. The second-order valence-corrected chi connectivity index (χ2v) is 8.07. The van der Waals surface area contributed by atoms with E-state index < -0.39 is 10.0 Å². The van der Waals surface area contributed by atoms with Gasteiger partial charge in [0.1, 0.15) is 5.75 Å². The van der Waals surface area contributed by atoms with E-state index in [0.29, 0.717) is 11.4 Å². The molecule has 27 heavy (non-hydrogen) atoms. The molecule has 3 rings (SSSR count). The molecule has 1 amide bonds. The number of nitrogens with zero attached hydrogens (tertiary/aromatic N) is 1. The monoisotopic (exact) mass is 389 g/mol. The number of rotatable bonds is 6. The van der Waals surface area contributed by atoms with Crippen molar-refractivity contribution in [2.75, 3.05) is 35.1 Å². The summed E-state index contributed by atoms with van der Waals surface area (Å²) in [5, 5.41) is 2.60. The third-order valence-electron chi connectivity index (χ3n) is 4.38. The van der Waals surface area contributed by atoms with Gasteiger partial charge in [-0.1, -0.05) is 0 Å². The SMILES string of the molecule is COc1cc(S(=O)(=O)Nc2ccc(N3CCCC3)cc2)ccc1NC(C)=O. The van der Waals surface area contributed by atoms with Crippen LogP contribution in [0.15, 0.2) is 47.4 Å². The predicted octanol–water partition coefficient (Wildman–Crippen LogP) is 3.05. The van der Waals surface area contributed by atoms with Crippen molar-refractivity contribution in [1.29, 1.82) is 0 Å². The number of ether oxygens (including phenoxy) is 1. The highest BCUT2D eigenvalue weighted by Gasteiger charge is 2.18. The maximum Gasteiger partial charge on any atom is 0.262 e. The maximum atomic E-state index is 12.7. The lowest BCUT2D eigenvalue weighted by Crippen LogP contribution is -2.17. The Kier molecular flexibility index (Phi) is 5.55. The van der Waals surface area contributed by atoms with Crippen molar-refractivity contribution < 1.29 is 17.9 Å². The van der Waals surface area contributed by atoms with E-state index in [2.05, 4.69) is 14.9 Å². The molecule has 1 aliphatic heterocycles. The Hall–Kier alpha value is -2.74. The molecule has 0 unspecified atom stereocenters. The summed E-state index contributed by atoms with van der Waals surface area (Å²) >= 11 is 0. The number of hydrogen-bond acceptors (Lipinski definition) is 5. The molecular weight excluding hydrogens is 366 g/mol. The van der Waals surface area contributed by atoms with Gasteiger partial charge in [-0.05, 0) is 49.2 Å². The molecule has 0 atom stereocenters. The molecule has 0 radical (unpaired) electrons. The minimum absolute atomic E-state index is 0.0528. The number of methoxy groups -OCH3 is 1. The van der Waals surface area contributed by atoms with Crippen LogP contribution in [0.25, 0.3) is 0 Å². The fourth-order valence-corrected chi connectivity index (χ4v) is 4.13. The minimum Gasteiger partial charge on any atom is -0.495 e. The molecule has 2 aromatic rings. The molecule has 0 saturated carbocycles. The molecule has 1 heterocycles. The van der Waals surface area contributed by atoms with E-state index >= 15 is 0 Å². The molecule has 1 fully saturated rings. The second kappa shape index (κ2) is 7.87. The van der Waals surface area contributed by atoms with Crippen molar-refractivity contribution in [3.63, 3.8) is 0 Å². The molecule has 8 heteroatoms. The molecule has 0 bridgehead atoms. The lowest BCUT2D eigenvalue weighted by molar-refractivity contribution is -0.114. The number of sulfonamides is 1. The lowest BCUT2D eigenvalue weighted by Gasteiger charge is -2.18. The Morgan fingerprint density at radius 2 is 1.74 bits per heavy atom. The second-order valence-electron chi connectivity index (χ2n) is 6.39. The molecule has 0 aromatic heterocycles. The van der Waals surface area contributed by atoms with Crippen LogP contribution in [-0.4, -0.2) is 34.5 Å². The van der Waals surface area contributed by atoms with Gasteiger partial charge in [-0.3, -0.25) is 9.52 Å².